The van der Waals surface area contributed by atoms with Crippen LogP contribution in [0.25, 0.3) is 0 Å². The van der Waals surface area contributed by atoms with Gasteiger partial charge < -0.3 is 11.5 Å². The van der Waals surface area contributed by atoms with Crippen LogP contribution in [0.2, 0.25) is 0 Å². The van der Waals surface area contributed by atoms with Crippen LogP contribution in [0.15, 0.2) is 24.5 Å². The Hall–Kier alpha value is -0.930. The van der Waals surface area contributed by atoms with Gasteiger partial charge in [0.25, 0.3) is 0 Å². The summed E-state index contributed by atoms with van der Waals surface area (Å²) in [6, 6.07) is 3.93. The van der Waals surface area contributed by atoms with E-state index in [9.17, 15) is 0 Å². The van der Waals surface area contributed by atoms with Gasteiger partial charge in [-0.1, -0.05) is 32.3 Å². The van der Waals surface area contributed by atoms with Gasteiger partial charge in [0.15, 0.2) is 0 Å². The highest BCUT2D eigenvalue weighted by Crippen LogP contribution is 2.12. The van der Waals surface area contributed by atoms with Gasteiger partial charge in [0, 0.05) is 18.8 Å². The highest BCUT2D eigenvalue weighted by atomic mass is 14.9. The van der Waals surface area contributed by atoms with Crippen molar-refractivity contribution in [2.45, 2.75) is 44.7 Å². The first-order chi connectivity index (χ1) is 7.14. The molecule has 1 rings (SSSR count). The number of unbranched alkanes of at least 4 members (excludes halogenated alkanes) is 2. The molecule has 0 unspecified atom stereocenters. The van der Waals surface area contributed by atoms with Gasteiger partial charge in [0.1, 0.15) is 0 Å². The van der Waals surface area contributed by atoms with E-state index in [-0.39, 0.29) is 0 Å². The normalized spacial score (nSPS) is 11.7. The zero-order chi connectivity index (χ0) is 11.1. The highest BCUT2D eigenvalue weighted by molar-refractivity contribution is 5.11. The van der Waals surface area contributed by atoms with Crippen LogP contribution >= 0.6 is 0 Å². The van der Waals surface area contributed by atoms with Crippen LogP contribution in [0, 0.1) is 0 Å². The Morgan fingerprint density at radius 2 is 2.13 bits per heavy atom. The van der Waals surface area contributed by atoms with Crippen LogP contribution in [0.5, 0.6) is 0 Å². The third-order valence-electron chi connectivity index (χ3n) is 2.50. The summed E-state index contributed by atoms with van der Waals surface area (Å²) in [7, 11) is 0. The van der Waals surface area contributed by atoms with E-state index in [2.05, 4.69) is 11.9 Å². The molecule has 3 heteroatoms. The van der Waals surface area contributed by atoms with Gasteiger partial charge in [-0.25, -0.2) is 0 Å². The van der Waals surface area contributed by atoms with E-state index in [0.29, 0.717) is 6.42 Å². The first-order valence-corrected chi connectivity index (χ1v) is 5.61. The summed E-state index contributed by atoms with van der Waals surface area (Å²) in [5.41, 5.74) is 12.6. The Bertz CT molecular complexity index is 269. The maximum atomic E-state index is 6.04. The van der Waals surface area contributed by atoms with Crippen molar-refractivity contribution >= 4 is 0 Å². The molecule has 1 aromatic heterocycles. The van der Waals surface area contributed by atoms with Crippen molar-refractivity contribution in [1.29, 1.82) is 0 Å². The number of nitrogens with zero attached hydrogens (tertiary/aromatic N) is 1. The molecule has 0 aromatic carbocycles. The summed E-state index contributed by atoms with van der Waals surface area (Å²) in [6.45, 7) is 2.18. The minimum atomic E-state index is -0.585. The van der Waals surface area contributed by atoms with Crippen molar-refractivity contribution in [3.63, 3.8) is 0 Å². The fourth-order valence-corrected chi connectivity index (χ4v) is 1.68. The molecule has 0 saturated carbocycles. The van der Waals surface area contributed by atoms with Crippen LogP contribution in [-0.2, 0) is 6.42 Å². The van der Waals surface area contributed by atoms with Gasteiger partial charge in [-0.05, 0) is 18.1 Å². The Kier molecular flexibility index (Phi) is 4.72. The van der Waals surface area contributed by atoms with E-state index in [1.807, 2.05) is 18.3 Å². The maximum absolute atomic E-state index is 6.04. The van der Waals surface area contributed by atoms with Crippen LogP contribution in [0.3, 0.4) is 0 Å². The van der Waals surface area contributed by atoms with Crippen molar-refractivity contribution in [3.8, 4) is 0 Å². The molecule has 0 spiro atoms. The lowest BCUT2D eigenvalue weighted by Gasteiger charge is -2.24. The van der Waals surface area contributed by atoms with Gasteiger partial charge in [-0.15, -0.1) is 0 Å². The molecule has 0 atom stereocenters. The van der Waals surface area contributed by atoms with E-state index < -0.39 is 5.66 Å². The Morgan fingerprint density at radius 1 is 1.33 bits per heavy atom. The molecule has 0 radical (unpaired) electrons. The number of nitrogens with two attached hydrogens (primary N) is 2. The molecule has 0 aliphatic rings. The summed E-state index contributed by atoms with van der Waals surface area (Å²) in [5, 5.41) is 0. The van der Waals surface area contributed by atoms with Crippen molar-refractivity contribution in [2.24, 2.45) is 11.5 Å². The third-order valence-corrected chi connectivity index (χ3v) is 2.50. The molecule has 0 fully saturated rings. The molecular formula is C12H21N3. The molecule has 15 heavy (non-hydrogen) atoms. The van der Waals surface area contributed by atoms with Gasteiger partial charge in [-0.2, -0.15) is 0 Å². The monoisotopic (exact) mass is 207 g/mol. The molecule has 0 aliphatic heterocycles. The van der Waals surface area contributed by atoms with Crippen molar-refractivity contribution in [1.82, 2.24) is 4.98 Å². The third kappa shape index (κ3) is 4.91. The minimum Gasteiger partial charge on any atom is -0.313 e. The number of pyridine rings is 1. The fraction of sp³-hybridized carbons (Fsp3) is 0.583. The van der Waals surface area contributed by atoms with Gasteiger partial charge >= 0.3 is 0 Å². The largest absolute Gasteiger partial charge is 0.313 e. The molecule has 0 amide bonds. The molecular weight excluding hydrogens is 186 g/mol. The Balaban J connectivity index is 2.42. The molecule has 1 heterocycles. The second-order valence-electron chi connectivity index (χ2n) is 4.23. The number of hydrogen-bond acceptors (Lipinski definition) is 3. The lowest BCUT2D eigenvalue weighted by molar-refractivity contribution is 0.387. The van der Waals surface area contributed by atoms with E-state index in [1.54, 1.807) is 6.20 Å². The zero-order valence-electron chi connectivity index (χ0n) is 9.45. The van der Waals surface area contributed by atoms with Gasteiger partial charge in [0.2, 0.25) is 0 Å². The molecule has 3 nitrogen and oxygen atoms in total. The summed E-state index contributed by atoms with van der Waals surface area (Å²) in [6.07, 6.45) is 8.65. The zero-order valence-corrected chi connectivity index (χ0v) is 9.45. The number of rotatable bonds is 6. The summed E-state index contributed by atoms with van der Waals surface area (Å²) < 4.78 is 0. The first-order valence-electron chi connectivity index (χ1n) is 5.61. The van der Waals surface area contributed by atoms with Crippen molar-refractivity contribution in [3.05, 3.63) is 30.1 Å². The highest BCUT2D eigenvalue weighted by Gasteiger charge is 2.18. The van der Waals surface area contributed by atoms with E-state index in [1.165, 1.54) is 12.8 Å². The van der Waals surface area contributed by atoms with Crippen LogP contribution < -0.4 is 11.5 Å². The van der Waals surface area contributed by atoms with Gasteiger partial charge in [-0.3, -0.25) is 4.98 Å². The minimum absolute atomic E-state index is 0.585. The summed E-state index contributed by atoms with van der Waals surface area (Å²) >= 11 is 0. The van der Waals surface area contributed by atoms with Crippen LogP contribution in [-0.4, -0.2) is 10.6 Å². The molecule has 84 valence electrons. The summed E-state index contributed by atoms with van der Waals surface area (Å²) in [4.78, 5) is 4.05. The van der Waals surface area contributed by atoms with E-state index in [0.717, 1.165) is 18.4 Å². The number of aromatic nitrogens is 1. The quantitative estimate of drug-likeness (QED) is 0.552. The van der Waals surface area contributed by atoms with Crippen LogP contribution in [0.4, 0.5) is 0 Å². The lowest BCUT2D eigenvalue weighted by atomic mass is 9.96. The average Bonchev–Trinajstić information content (AvgIpc) is 2.18. The van der Waals surface area contributed by atoms with Crippen molar-refractivity contribution < 1.29 is 0 Å². The predicted molar refractivity (Wildman–Crippen MR) is 63.2 cm³/mol. The number of hydrogen-bond donors (Lipinski definition) is 2. The second kappa shape index (κ2) is 5.83. The van der Waals surface area contributed by atoms with E-state index in [4.69, 9.17) is 11.5 Å². The average molecular weight is 207 g/mol. The topological polar surface area (TPSA) is 64.9 Å². The fourth-order valence-electron chi connectivity index (χ4n) is 1.68. The molecule has 4 N–H and O–H groups in total. The lowest BCUT2D eigenvalue weighted by Crippen LogP contribution is -2.51. The Labute approximate surface area is 91.9 Å². The standard InChI is InChI=1S/C12H21N3/c1-2-3-4-7-12(13,14)9-11-6-5-8-15-10-11/h5-6,8,10H,2-4,7,9,13-14H2,1H3. The predicted octanol–water partition coefficient (Wildman–Crippen LogP) is 1.82. The van der Waals surface area contributed by atoms with E-state index >= 15 is 0 Å². The molecule has 0 aliphatic carbocycles. The molecule has 0 bridgehead atoms. The maximum Gasteiger partial charge on any atom is 0.0678 e. The van der Waals surface area contributed by atoms with Crippen LogP contribution in [0.1, 0.15) is 38.2 Å². The first kappa shape index (κ1) is 12.1. The second-order valence-corrected chi connectivity index (χ2v) is 4.23. The smallest absolute Gasteiger partial charge is 0.0678 e. The van der Waals surface area contributed by atoms with Crippen molar-refractivity contribution in [2.75, 3.05) is 0 Å². The summed E-state index contributed by atoms with van der Waals surface area (Å²) in [5.74, 6) is 0. The SMILES string of the molecule is CCCCCC(N)(N)Cc1cccnc1. The molecule has 1 aromatic rings. The Morgan fingerprint density at radius 3 is 2.73 bits per heavy atom. The van der Waals surface area contributed by atoms with Gasteiger partial charge in [0.05, 0.1) is 5.66 Å². The molecule has 0 saturated heterocycles.